The molecule has 2 heterocycles. The zero-order chi connectivity index (χ0) is 20.5. The van der Waals surface area contributed by atoms with Gasteiger partial charge in [-0.05, 0) is 44.0 Å². The van der Waals surface area contributed by atoms with Crippen molar-refractivity contribution < 1.29 is 17.9 Å². The lowest BCUT2D eigenvalue weighted by molar-refractivity contribution is 0.0176. The first-order chi connectivity index (χ1) is 13.8. The van der Waals surface area contributed by atoms with E-state index in [0.717, 1.165) is 18.9 Å². The van der Waals surface area contributed by atoms with Crippen LogP contribution in [0, 0.1) is 11.6 Å². The van der Waals surface area contributed by atoms with Crippen molar-refractivity contribution in [2.45, 2.75) is 37.6 Å². The van der Waals surface area contributed by atoms with Crippen LogP contribution in [0.4, 0.5) is 18.9 Å². The van der Waals surface area contributed by atoms with Gasteiger partial charge in [-0.3, -0.25) is 0 Å². The number of ether oxygens (including phenoxy) is 1. The zero-order valence-corrected chi connectivity index (χ0v) is 16.1. The summed E-state index contributed by atoms with van der Waals surface area (Å²) in [5, 5.41) is 8.82. The highest BCUT2D eigenvalue weighted by Gasteiger charge is 2.53. The Morgan fingerprint density at radius 1 is 1.21 bits per heavy atom. The number of nitrogens with zero attached hydrogens (tertiary/aromatic N) is 3. The molecule has 3 aromatic rings. The van der Waals surface area contributed by atoms with E-state index in [9.17, 15) is 8.78 Å². The molecule has 2 atom stereocenters. The van der Waals surface area contributed by atoms with Crippen LogP contribution in [-0.4, -0.2) is 14.8 Å². The van der Waals surface area contributed by atoms with Crippen LogP contribution >= 0.6 is 11.6 Å². The van der Waals surface area contributed by atoms with Crippen molar-refractivity contribution in [2.24, 2.45) is 0 Å². The molecule has 0 amide bonds. The van der Waals surface area contributed by atoms with Gasteiger partial charge in [0, 0.05) is 28.9 Å². The first-order valence-corrected chi connectivity index (χ1v) is 9.50. The minimum absolute atomic E-state index is 0.0431. The summed E-state index contributed by atoms with van der Waals surface area (Å²) in [5.41, 5.74) is 5.03. The number of hydrogen-bond donors (Lipinski definition) is 1. The predicted octanol–water partition coefficient (Wildman–Crippen LogP) is 5.11. The van der Waals surface area contributed by atoms with Gasteiger partial charge in [0.1, 0.15) is 5.82 Å². The molecule has 5 rings (SSSR count). The zero-order valence-electron chi connectivity index (χ0n) is 15.3. The molecule has 1 saturated carbocycles. The summed E-state index contributed by atoms with van der Waals surface area (Å²) in [6.45, 7) is 1.46. The highest BCUT2D eigenvalue weighted by Crippen LogP contribution is 2.53. The van der Waals surface area contributed by atoms with Gasteiger partial charge in [0.15, 0.2) is 29.4 Å². The summed E-state index contributed by atoms with van der Waals surface area (Å²) in [7, 11) is 0. The van der Waals surface area contributed by atoms with Crippen molar-refractivity contribution in [1.82, 2.24) is 14.8 Å². The summed E-state index contributed by atoms with van der Waals surface area (Å²) in [5.74, 6) is -1.47. The van der Waals surface area contributed by atoms with E-state index in [0.29, 0.717) is 28.2 Å². The predicted molar refractivity (Wildman–Crippen MR) is 101 cm³/mol. The van der Waals surface area contributed by atoms with E-state index in [-0.39, 0.29) is 23.2 Å². The molecule has 29 heavy (non-hydrogen) atoms. The third-order valence-electron chi connectivity index (χ3n) is 5.39. The van der Waals surface area contributed by atoms with Gasteiger partial charge in [-0.25, -0.2) is 13.2 Å². The lowest BCUT2D eigenvalue weighted by Gasteiger charge is -2.26. The molecular weight excluding hydrogens is 405 g/mol. The average molecular weight is 421 g/mol. The van der Waals surface area contributed by atoms with Crippen LogP contribution < -0.4 is 10.5 Å². The first kappa shape index (κ1) is 18.3. The van der Waals surface area contributed by atoms with Crippen LogP contribution in [0.25, 0.3) is 11.4 Å². The van der Waals surface area contributed by atoms with E-state index in [1.54, 1.807) is 22.8 Å². The van der Waals surface area contributed by atoms with Gasteiger partial charge in [-0.15, -0.1) is 10.2 Å². The van der Waals surface area contributed by atoms with Crippen LogP contribution in [0.3, 0.4) is 0 Å². The molecule has 0 radical (unpaired) electrons. The molecule has 0 spiro atoms. The number of hydrogen-bond acceptors (Lipinski definition) is 4. The Morgan fingerprint density at radius 2 is 1.97 bits per heavy atom. The average Bonchev–Trinajstić information content (AvgIpc) is 3.35. The van der Waals surface area contributed by atoms with Crippen LogP contribution in [0.1, 0.15) is 43.4 Å². The standard InChI is InChI=1S/C20H16ClF3N4O/c1-20(17(24)13-6-9(22)7-15(23)16(13)29-20)19-27-26-18(28(19)11-3-4-11)12-5-2-10(25)8-14(12)21/h2,5-8,11,17H,3-4,25H2,1H3. The summed E-state index contributed by atoms with van der Waals surface area (Å²) in [6.07, 6.45) is -0.111. The molecule has 1 aliphatic heterocycles. The fraction of sp³-hybridized carbons (Fsp3) is 0.300. The van der Waals surface area contributed by atoms with Crippen molar-refractivity contribution in [3.63, 3.8) is 0 Å². The minimum atomic E-state index is -1.82. The SMILES string of the molecule is CC1(c2nnc(-c3ccc(N)cc3Cl)n2C2CC2)Oc2c(F)cc(F)cc2C1F. The maximum absolute atomic E-state index is 15.4. The Morgan fingerprint density at radius 3 is 2.66 bits per heavy atom. The molecule has 1 fully saturated rings. The molecule has 2 unspecified atom stereocenters. The largest absolute Gasteiger partial charge is 0.473 e. The summed E-state index contributed by atoms with van der Waals surface area (Å²) >= 11 is 6.35. The molecule has 0 bridgehead atoms. The van der Waals surface area contributed by atoms with Crippen LogP contribution in [0.2, 0.25) is 5.02 Å². The molecule has 1 aromatic heterocycles. The van der Waals surface area contributed by atoms with Gasteiger partial charge < -0.3 is 15.0 Å². The number of benzene rings is 2. The third kappa shape index (κ3) is 2.69. The molecule has 2 aromatic carbocycles. The highest BCUT2D eigenvalue weighted by atomic mass is 35.5. The first-order valence-electron chi connectivity index (χ1n) is 9.12. The fourth-order valence-electron chi connectivity index (χ4n) is 3.80. The topological polar surface area (TPSA) is 66.0 Å². The number of aromatic nitrogens is 3. The number of fused-ring (bicyclic) bond motifs is 1. The quantitative estimate of drug-likeness (QED) is 0.598. The van der Waals surface area contributed by atoms with E-state index < -0.39 is 23.4 Å². The van der Waals surface area contributed by atoms with Gasteiger partial charge in [-0.1, -0.05) is 11.6 Å². The second kappa shape index (κ2) is 6.13. The molecule has 9 heteroatoms. The van der Waals surface area contributed by atoms with E-state index >= 15 is 4.39 Å². The lowest BCUT2D eigenvalue weighted by atomic mass is 9.95. The second-order valence-electron chi connectivity index (χ2n) is 7.57. The van der Waals surface area contributed by atoms with Crippen LogP contribution in [-0.2, 0) is 5.60 Å². The normalized spacial score (nSPS) is 23.1. The number of nitrogens with two attached hydrogens (primary N) is 1. The summed E-state index contributed by atoms with van der Waals surface area (Å²) < 4.78 is 50.8. The second-order valence-corrected chi connectivity index (χ2v) is 7.97. The number of rotatable bonds is 3. The van der Waals surface area contributed by atoms with Crippen molar-refractivity contribution >= 4 is 17.3 Å². The highest BCUT2D eigenvalue weighted by molar-refractivity contribution is 6.33. The Balaban J connectivity index is 1.66. The number of nitrogen functional groups attached to an aromatic ring is 1. The smallest absolute Gasteiger partial charge is 0.201 e. The Labute approximate surface area is 169 Å². The summed E-state index contributed by atoms with van der Waals surface area (Å²) in [6, 6.07) is 6.67. The minimum Gasteiger partial charge on any atom is -0.473 e. The van der Waals surface area contributed by atoms with Crippen molar-refractivity contribution in [3.8, 4) is 17.1 Å². The molecule has 5 nitrogen and oxygen atoms in total. The number of anilines is 1. The molecule has 2 aliphatic rings. The maximum Gasteiger partial charge on any atom is 0.201 e. The molecule has 150 valence electrons. The molecule has 0 saturated heterocycles. The van der Waals surface area contributed by atoms with Crippen molar-refractivity contribution in [3.05, 3.63) is 58.4 Å². The molecule has 1 aliphatic carbocycles. The van der Waals surface area contributed by atoms with Gasteiger partial charge in [-0.2, -0.15) is 0 Å². The van der Waals surface area contributed by atoms with Gasteiger partial charge in [0.25, 0.3) is 0 Å². The Kier molecular flexibility index (Phi) is 3.87. The fourth-order valence-corrected chi connectivity index (χ4v) is 4.07. The van der Waals surface area contributed by atoms with Gasteiger partial charge in [0.05, 0.1) is 5.02 Å². The van der Waals surface area contributed by atoms with Gasteiger partial charge >= 0.3 is 0 Å². The van der Waals surface area contributed by atoms with Crippen molar-refractivity contribution in [2.75, 3.05) is 5.73 Å². The maximum atomic E-state index is 15.4. The Bertz CT molecular complexity index is 1150. The van der Waals surface area contributed by atoms with E-state index in [2.05, 4.69) is 10.2 Å². The molecular formula is C20H16ClF3N4O. The van der Waals surface area contributed by atoms with E-state index in [4.69, 9.17) is 22.1 Å². The van der Waals surface area contributed by atoms with Gasteiger partial charge in [0.2, 0.25) is 5.60 Å². The van der Waals surface area contributed by atoms with Crippen LogP contribution in [0.5, 0.6) is 5.75 Å². The van der Waals surface area contributed by atoms with Crippen LogP contribution in [0.15, 0.2) is 30.3 Å². The number of halogens is 4. The van der Waals surface area contributed by atoms with E-state index in [1.807, 2.05) is 0 Å². The monoisotopic (exact) mass is 420 g/mol. The van der Waals surface area contributed by atoms with E-state index in [1.165, 1.54) is 6.92 Å². The summed E-state index contributed by atoms with van der Waals surface area (Å²) in [4.78, 5) is 0. The van der Waals surface area contributed by atoms with Crippen molar-refractivity contribution in [1.29, 1.82) is 0 Å². The Hall–Kier alpha value is -2.74. The lowest BCUT2D eigenvalue weighted by Crippen LogP contribution is -2.33. The third-order valence-corrected chi connectivity index (χ3v) is 5.71. The molecule has 2 N–H and O–H groups in total. The number of alkyl halides is 1.